The minimum absolute atomic E-state index is 0.0329. The Hall–Kier alpha value is -2.12. The number of aliphatic hydroxyl groups is 1. The molecule has 0 radical (unpaired) electrons. The summed E-state index contributed by atoms with van der Waals surface area (Å²) in [5.41, 5.74) is -0.261. The van der Waals surface area contributed by atoms with Crippen molar-refractivity contribution in [2.45, 2.75) is 44.9 Å². The zero-order chi connectivity index (χ0) is 17.7. The molecular weight excluding hydrogens is 314 g/mol. The molecule has 1 aliphatic heterocycles. The second kappa shape index (κ2) is 7.63. The Morgan fingerprint density at radius 3 is 2.54 bits per heavy atom. The fraction of sp³-hybridized carbons (Fsp3) is 0.529. The Kier molecular flexibility index (Phi) is 5.80. The van der Waals surface area contributed by atoms with E-state index in [1.165, 1.54) is 4.90 Å². The van der Waals surface area contributed by atoms with Crippen LogP contribution in [0.15, 0.2) is 30.3 Å². The topological polar surface area (TPSA) is 85.3 Å². The summed E-state index contributed by atoms with van der Waals surface area (Å²) in [7, 11) is 0. The van der Waals surface area contributed by atoms with Gasteiger partial charge in [-0.15, -0.1) is 0 Å². The molecule has 0 saturated carbocycles. The lowest BCUT2D eigenvalue weighted by atomic mass is 10.2. The molecule has 1 saturated heterocycles. The molecule has 0 aromatic heterocycles. The minimum atomic E-state index is -0.657. The Morgan fingerprint density at radius 2 is 1.92 bits per heavy atom. The average molecular weight is 337 g/mol. The summed E-state index contributed by atoms with van der Waals surface area (Å²) >= 11 is 0. The summed E-state index contributed by atoms with van der Waals surface area (Å²) in [5.74, 6) is -0.613. The van der Waals surface area contributed by atoms with Gasteiger partial charge in [0.2, 0.25) is 0 Å². The second-order valence-electron chi connectivity index (χ2n) is 6.70. The zero-order valence-electron chi connectivity index (χ0n) is 14.1. The van der Waals surface area contributed by atoms with E-state index >= 15 is 0 Å². The highest BCUT2D eigenvalue weighted by Crippen LogP contribution is 2.21. The first-order valence-electron chi connectivity index (χ1n) is 7.83. The van der Waals surface area contributed by atoms with Crippen molar-refractivity contribution in [2.24, 2.45) is 0 Å². The smallest absolute Gasteiger partial charge is 0.410 e. The maximum Gasteiger partial charge on any atom is 0.410 e. The number of benzene rings is 1. The first-order chi connectivity index (χ1) is 11.3. The predicted octanol–water partition coefficient (Wildman–Crippen LogP) is 2.15. The van der Waals surface area contributed by atoms with E-state index in [0.717, 1.165) is 0 Å². The van der Waals surface area contributed by atoms with Crippen molar-refractivity contribution >= 4 is 12.1 Å². The Bertz CT molecular complexity index is 568. The molecule has 24 heavy (non-hydrogen) atoms. The van der Waals surface area contributed by atoms with Crippen LogP contribution in [0.1, 0.15) is 37.6 Å². The summed E-state index contributed by atoms with van der Waals surface area (Å²) < 4.78 is 5.31. The number of β-amino-alcohol motifs (C(OH)–C–C–N with tert-alkyl or cyclic N) is 1. The normalized spacial score (nSPS) is 20.8. The highest BCUT2D eigenvalue weighted by atomic mass is 17.2. The number of hydrogen-bond acceptors (Lipinski definition) is 6. The average Bonchev–Trinajstić information content (AvgIpc) is 2.87. The summed E-state index contributed by atoms with van der Waals surface area (Å²) in [6, 6.07) is 8.02. The van der Waals surface area contributed by atoms with Gasteiger partial charge in [0.1, 0.15) is 12.2 Å². The molecule has 0 bridgehead atoms. The Balaban J connectivity index is 1.86. The Morgan fingerprint density at radius 1 is 1.25 bits per heavy atom. The molecule has 1 aromatic rings. The molecule has 2 rings (SSSR count). The van der Waals surface area contributed by atoms with Crippen LogP contribution >= 0.6 is 0 Å². The van der Waals surface area contributed by atoms with Gasteiger partial charge in [0.15, 0.2) is 0 Å². The molecule has 1 aromatic carbocycles. The monoisotopic (exact) mass is 337 g/mol. The van der Waals surface area contributed by atoms with Crippen LogP contribution in [-0.4, -0.2) is 53.0 Å². The fourth-order valence-electron chi connectivity index (χ4n) is 2.38. The maximum absolute atomic E-state index is 12.2. The van der Waals surface area contributed by atoms with E-state index in [-0.39, 0.29) is 13.2 Å². The highest BCUT2D eigenvalue weighted by Gasteiger charge is 2.37. The zero-order valence-corrected chi connectivity index (χ0v) is 14.1. The van der Waals surface area contributed by atoms with Crippen molar-refractivity contribution in [3.05, 3.63) is 35.9 Å². The number of amides is 1. The number of likely N-dealkylation sites (tertiary alicyclic amines) is 1. The molecule has 132 valence electrons. The minimum Gasteiger partial charge on any atom is -0.444 e. The summed E-state index contributed by atoms with van der Waals surface area (Å²) in [5, 5.41) is 9.79. The molecule has 7 nitrogen and oxygen atoms in total. The molecular formula is C17H23NO6. The lowest BCUT2D eigenvalue weighted by molar-refractivity contribution is -0.247. The van der Waals surface area contributed by atoms with Crippen molar-refractivity contribution in [1.29, 1.82) is 0 Å². The fourth-order valence-corrected chi connectivity index (χ4v) is 2.38. The molecule has 0 unspecified atom stereocenters. The summed E-state index contributed by atoms with van der Waals surface area (Å²) in [6.07, 6.45) is -0.847. The predicted molar refractivity (Wildman–Crippen MR) is 85.2 cm³/mol. The molecule has 0 aliphatic carbocycles. The van der Waals surface area contributed by atoms with Crippen LogP contribution in [0.2, 0.25) is 0 Å². The van der Waals surface area contributed by atoms with Crippen LogP contribution in [-0.2, 0) is 14.5 Å². The molecule has 1 amide bonds. The van der Waals surface area contributed by atoms with Gasteiger partial charge >= 0.3 is 12.1 Å². The van der Waals surface area contributed by atoms with Gasteiger partial charge in [-0.3, -0.25) is 4.89 Å². The van der Waals surface area contributed by atoms with Crippen LogP contribution in [0.4, 0.5) is 4.79 Å². The van der Waals surface area contributed by atoms with Gasteiger partial charge in [0.05, 0.1) is 24.3 Å². The van der Waals surface area contributed by atoms with Gasteiger partial charge in [-0.25, -0.2) is 9.59 Å². The van der Waals surface area contributed by atoms with Crippen LogP contribution in [0.5, 0.6) is 0 Å². The van der Waals surface area contributed by atoms with Crippen molar-refractivity contribution in [2.75, 3.05) is 13.2 Å². The summed E-state index contributed by atoms with van der Waals surface area (Å²) in [4.78, 5) is 35.1. The first-order valence-corrected chi connectivity index (χ1v) is 7.83. The van der Waals surface area contributed by atoms with Gasteiger partial charge in [-0.2, -0.15) is 4.89 Å². The number of ether oxygens (including phenoxy) is 1. The van der Waals surface area contributed by atoms with Crippen LogP contribution in [0, 0.1) is 0 Å². The number of nitrogens with zero attached hydrogens (tertiary/aromatic N) is 1. The van der Waals surface area contributed by atoms with Crippen LogP contribution in [0.3, 0.4) is 0 Å². The number of carbonyl (C=O) groups excluding carboxylic acids is 2. The largest absolute Gasteiger partial charge is 0.444 e. The van der Waals surface area contributed by atoms with Gasteiger partial charge in [0, 0.05) is 0 Å². The lowest BCUT2D eigenvalue weighted by Gasteiger charge is -2.27. The van der Waals surface area contributed by atoms with E-state index in [4.69, 9.17) is 14.5 Å². The van der Waals surface area contributed by atoms with Gasteiger partial charge in [-0.1, -0.05) is 18.2 Å². The van der Waals surface area contributed by atoms with Crippen molar-refractivity contribution in [1.82, 2.24) is 4.90 Å². The SMILES string of the molecule is CC(C)(C)OC(=O)N1C[C@H](O)C[C@H]1COOC(=O)c1ccccc1. The molecule has 1 N–H and O–H groups in total. The number of hydrogen-bond donors (Lipinski definition) is 1. The van der Waals surface area contributed by atoms with E-state index in [1.807, 2.05) is 0 Å². The lowest BCUT2D eigenvalue weighted by Crippen LogP contribution is -2.42. The number of aliphatic hydroxyl groups excluding tert-OH is 1. The summed E-state index contributed by atoms with van der Waals surface area (Å²) in [6.45, 7) is 5.43. The van der Waals surface area contributed by atoms with Gasteiger partial charge < -0.3 is 14.7 Å². The molecule has 2 atom stereocenters. The van der Waals surface area contributed by atoms with Crippen molar-refractivity contribution in [3.63, 3.8) is 0 Å². The second-order valence-corrected chi connectivity index (χ2v) is 6.70. The molecule has 1 aliphatic rings. The van der Waals surface area contributed by atoms with Gasteiger partial charge in [-0.05, 0) is 39.3 Å². The molecule has 0 spiro atoms. The Labute approximate surface area is 141 Å². The van der Waals surface area contributed by atoms with Crippen molar-refractivity contribution < 1.29 is 29.2 Å². The van der Waals surface area contributed by atoms with E-state index in [1.54, 1.807) is 51.1 Å². The standard InChI is InChI=1S/C17H23NO6/c1-17(2,3)23-16(21)18-10-14(19)9-13(18)11-22-24-15(20)12-7-5-4-6-8-12/h4-8,13-14,19H,9-11H2,1-3H3/t13-,14+/m0/s1. The highest BCUT2D eigenvalue weighted by molar-refractivity contribution is 5.88. The number of rotatable bonds is 4. The quantitative estimate of drug-likeness (QED) is 0.669. The van der Waals surface area contributed by atoms with E-state index in [0.29, 0.717) is 12.0 Å². The third kappa shape index (κ3) is 5.21. The van der Waals surface area contributed by atoms with Crippen LogP contribution < -0.4 is 0 Å². The first kappa shape index (κ1) is 18.2. The van der Waals surface area contributed by atoms with Crippen molar-refractivity contribution in [3.8, 4) is 0 Å². The molecule has 7 heteroatoms. The van der Waals surface area contributed by atoms with E-state index in [9.17, 15) is 14.7 Å². The number of carbonyl (C=O) groups is 2. The molecule has 1 fully saturated rings. The molecule has 1 heterocycles. The maximum atomic E-state index is 12.2. The van der Waals surface area contributed by atoms with E-state index in [2.05, 4.69) is 0 Å². The third-order valence-electron chi connectivity index (χ3n) is 3.42. The third-order valence-corrected chi connectivity index (χ3v) is 3.42. The van der Waals surface area contributed by atoms with E-state index < -0.39 is 29.8 Å². The van der Waals surface area contributed by atoms with Gasteiger partial charge in [0.25, 0.3) is 0 Å². The van der Waals surface area contributed by atoms with Crippen LogP contribution in [0.25, 0.3) is 0 Å².